The maximum absolute atomic E-state index is 13.7. The number of alkyl carbamates (subject to hydrolysis) is 1. The van der Waals surface area contributed by atoms with E-state index in [-0.39, 0.29) is 31.7 Å². The minimum atomic E-state index is -4.05. The van der Waals surface area contributed by atoms with Crippen LogP contribution in [0.2, 0.25) is 0 Å². The van der Waals surface area contributed by atoms with E-state index in [2.05, 4.69) is 10.0 Å². The molecule has 1 aromatic rings. The van der Waals surface area contributed by atoms with E-state index in [1.165, 1.54) is 0 Å². The minimum absolute atomic E-state index is 0.0868. The van der Waals surface area contributed by atoms with Gasteiger partial charge in [0, 0.05) is 32.5 Å². The van der Waals surface area contributed by atoms with Gasteiger partial charge in [-0.05, 0) is 32.8 Å². The third-order valence-corrected chi connectivity index (χ3v) is 7.78. The van der Waals surface area contributed by atoms with Gasteiger partial charge in [-0.25, -0.2) is 22.7 Å². The first-order chi connectivity index (χ1) is 18.7. The highest BCUT2D eigenvalue weighted by Crippen LogP contribution is 2.22. The van der Waals surface area contributed by atoms with Crippen LogP contribution in [0.3, 0.4) is 0 Å². The predicted octanol–water partition coefficient (Wildman–Crippen LogP) is 0.692. The molecule has 222 valence electrons. The van der Waals surface area contributed by atoms with Crippen LogP contribution in [0.5, 0.6) is 0 Å². The van der Waals surface area contributed by atoms with Crippen molar-refractivity contribution in [1.82, 2.24) is 19.8 Å². The predicted molar refractivity (Wildman–Crippen MR) is 144 cm³/mol. The van der Waals surface area contributed by atoms with Crippen LogP contribution in [0.1, 0.15) is 45.6 Å². The lowest BCUT2D eigenvalue weighted by Crippen LogP contribution is -2.52. The Bertz CT molecular complexity index is 1160. The van der Waals surface area contributed by atoms with Crippen LogP contribution in [0.4, 0.5) is 4.79 Å². The van der Waals surface area contributed by atoms with Crippen LogP contribution in [0.25, 0.3) is 0 Å². The first kappa shape index (κ1) is 31.3. The average Bonchev–Trinajstić information content (AvgIpc) is 3.29. The van der Waals surface area contributed by atoms with Crippen LogP contribution in [0.15, 0.2) is 30.3 Å². The third-order valence-electron chi connectivity index (χ3n) is 6.42. The van der Waals surface area contributed by atoms with E-state index in [4.69, 9.17) is 9.47 Å². The lowest BCUT2D eigenvalue weighted by atomic mass is 10.1. The number of carbonyl (C=O) groups is 4. The first-order valence-electron chi connectivity index (χ1n) is 13.2. The number of aliphatic carboxylic acids is 1. The van der Waals surface area contributed by atoms with Gasteiger partial charge < -0.3 is 29.7 Å². The molecule has 0 spiro atoms. The van der Waals surface area contributed by atoms with E-state index in [9.17, 15) is 32.7 Å². The Labute approximate surface area is 234 Å². The van der Waals surface area contributed by atoms with Crippen molar-refractivity contribution >= 4 is 33.9 Å². The van der Waals surface area contributed by atoms with E-state index in [0.29, 0.717) is 31.9 Å². The second-order valence-corrected chi connectivity index (χ2v) is 12.6. The van der Waals surface area contributed by atoms with Gasteiger partial charge in [-0.1, -0.05) is 30.3 Å². The number of carboxylic acid groups (broad SMARTS) is 1. The van der Waals surface area contributed by atoms with Gasteiger partial charge in [0.05, 0.1) is 25.0 Å². The van der Waals surface area contributed by atoms with Crippen molar-refractivity contribution in [2.75, 3.05) is 32.8 Å². The molecule has 2 aliphatic heterocycles. The Morgan fingerprint density at radius 1 is 1.12 bits per heavy atom. The number of morpholine rings is 1. The van der Waals surface area contributed by atoms with Crippen LogP contribution < -0.4 is 10.0 Å². The fraction of sp³-hybridized carbons (Fsp3) is 0.615. The van der Waals surface area contributed by atoms with Crippen molar-refractivity contribution in [3.8, 4) is 0 Å². The Morgan fingerprint density at radius 2 is 1.77 bits per heavy atom. The number of hydrogen-bond donors (Lipinski definition) is 3. The number of likely N-dealkylation sites (tertiary alicyclic amines) is 1. The van der Waals surface area contributed by atoms with Gasteiger partial charge in [0.15, 0.2) is 0 Å². The molecule has 2 fully saturated rings. The summed E-state index contributed by atoms with van der Waals surface area (Å²) in [5.74, 6) is -2.74. The van der Waals surface area contributed by atoms with Crippen molar-refractivity contribution in [2.24, 2.45) is 0 Å². The number of carbonyl (C=O) groups excluding carboxylic acids is 3. The molecule has 40 heavy (non-hydrogen) atoms. The molecule has 3 amide bonds. The number of sulfonamides is 1. The molecule has 0 saturated carbocycles. The number of carboxylic acids is 1. The molecule has 3 atom stereocenters. The summed E-state index contributed by atoms with van der Waals surface area (Å²) in [6, 6.07) is 4.97. The van der Waals surface area contributed by atoms with Gasteiger partial charge in [0.2, 0.25) is 21.8 Å². The number of amides is 3. The number of ether oxygens (including phenoxy) is 2. The molecule has 13 nitrogen and oxygen atoms in total. The molecule has 3 N–H and O–H groups in total. The standard InChI is InChI=1S/C26H38N4O9S/c1-26(2,3)39-25(35)27-19-15-21(24(33)34)30(16-19)23(32)20(9-10-22(31)29-11-13-38-14-12-29)28-40(36,37)17-18-7-5-4-6-8-18/h4-8,19-21,28H,9-17H2,1-3H3,(H,27,35)(H,33,34)/t19-,20-,21+/m1/s1. The van der Waals surface area contributed by atoms with E-state index >= 15 is 0 Å². The zero-order chi connectivity index (χ0) is 29.5. The molecule has 1 aromatic carbocycles. The van der Waals surface area contributed by atoms with Crippen LogP contribution in [0, 0.1) is 0 Å². The smallest absolute Gasteiger partial charge is 0.407 e. The number of nitrogens with one attached hydrogen (secondary N) is 2. The SMILES string of the molecule is CC(C)(C)OC(=O)N[C@@H]1C[C@@H](C(=O)O)N(C(=O)[C@@H](CCC(=O)N2CCOCC2)NS(=O)(=O)Cc2ccccc2)C1. The Kier molecular flexibility index (Phi) is 10.5. The van der Waals surface area contributed by atoms with Gasteiger partial charge in [-0.3, -0.25) is 9.59 Å². The maximum Gasteiger partial charge on any atom is 0.407 e. The van der Waals surface area contributed by atoms with Crippen molar-refractivity contribution in [3.63, 3.8) is 0 Å². The van der Waals surface area contributed by atoms with Crippen molar-refractivity contribution in [1.29, 1.82) is 0 Å². The van der Waals surface area contributed by atoms with Crippen LogP contribution >= 0.6 is 0 Å². The second kappa shape index (κ2) is 13.4. The normalized spacial score (nSPS) is 20.6. The largest absolute Gasteiger partial charge is 0.480 e. The number of rotatable bonds is 10. The maximum atomic E-state index is 13.7. The summed E-state index contributed by atoms with van der Waals surface area (Å²) in [6.45, 7) is 6.44. The van der Waals surface area contributed by atoms with Gasteiger partial charge in [-0.2, -0.15) is 0 Å². The molecule has 0 radical (unpaired) electrons. The van der Waals surface area contributed by atoms with Crippen molar-refractivity contribution in [2.45, 2.75) is 69.5 Å². The van der Waals surface area contributed by atoms with E-state index < -0.39 is 57.5 Å². The molecule has 14 heteroatoms. The molecule has 0 aliphatic carbocycles. The average molecular weight is 583 g/mol. The van der Waals surface area contributed by atoms with Gasteiger partial charge in [-0.15, -0.1) is 0 Å². The Morgan fingerprint density at radius 3 is 2.38 bits per heavy atom. The van der Waals surface area contributed by atoms with Gasteiger partial charge >= 0.3 is 12.1 Å². The lowest BCUT2D eigenvalue weighted by molar-refractivity contribution is -0.149. The molecule has 0 aromatic heterocycles. The fourth-order valence-electron chi connectivity index (χ4n) is 4.62. The highest BCUT2D eigenvalue weighted by atomic mass is 32.2. The summed E-state index contributed by atoms with van der Waals surface area (Å²) in [4.78, 5) is 53.4. The van der Waals surface area contributed by atoms with E-state index in [1.54, 1.807) is 56.0 Å². The summed E-state index contributed by atoms with van der Waals surface area (Å²) in [5.41, 5.74) is -0.281. The highest BCUT2D eigenvalue weighted by molar-refractivity contribution is 7.88. The van der Waals surface area contributed by atoms with Gasteiger partial charge in [0.1, 0.15) is 17.7 Å². The Balaban J connectivity index is 1.77. The molecular weight excluding hydrogens is 544 g/mol. The van der Waals surface area contributed by atoms with Crippen LogP contribution in [-0.2, 0) is 39.6 Å². The summed E-state index contributed by atoms with van der Waals surface area (Å²) >= 11 is 0. The first-order valence-corrected chi connectivity index (χ1v) is 14.8. The molecule has 2 heterocycles. The summed E-state index contributed by atoms with van der Waals surface area (Å²) < 4.78 is 39.0. The van der Waals surface area contributed by atoms with Crippen molar-refractivity contribution < 1.29 is 42.2 Å². The monoisotopic (exact) mass is 582 g/mol. The van der Waals surface area contributed by atoms with Crippen LogP contribution in [-0.4, -0.2) is 104 Å². The summed E-state index contributed by atoms with van der Waals surface area (Å²) in [5, 5.41) is 12.4. The Hall–Kier alpha value is -3.23. The summed E-state index contributed by atoms with van der Waals surface area (Å²) in [7, 11) is -4.05. The highest BCUT2D eigenvalue weighted by Gasteiger charge is 2.43. The number of nitrogens with zero attached hydrogens (tertiary/aromatic N) is 2. The number of hydrogen-bond acceptors (Lipinski definition) is 8. The molecule has 3 rings (SSSR count). The zero-order valence-corrected chi connectivity index (χ0v) is 23.8. The minimum Gasteiger partial charge on any atom is -0.480 e. The molecule has 0 bridgehead atoms. The molecule has 2 aliphatic rings. The van der Waals surface area contributed by atoms with E-state index in [1.807, 2.05) is 0 Å². The zero-order valence-electron chi connectivity index (χ0n) is 23.0. The van der Waals surface area contributed by atoms with Crippen molar-refractivity contribution in [3.05, 3.63) is 35.9 Å². The van der Waals surface area contributed by atoms with E-state index in [0.717, 1.165) is 4.90 Å². The second-order valence-electron chi connectivity index (χ2n) is 10.9. The summed E-state index contributed by atoms with van der Waals surface area (Å²) in [6.07, 6.45) is -1.14. The topological polar surface area (TPSA) is 172 Å². The van der Waals surface area contributed by atoms with Gasteiger partial charge in [0.25, 0.3) is 0 Å². The fourth-order valence-corrected chi connectivity index (χ4v) is 5.98. The molecule has 2 saturated heterocycles. The molecular formula is C26H38N4O9S. The quantitative estimate of drug-likeness (QED) is 0.359. The third kappa shape index (κ3) is 9.45. The lowest BCUT2D eigenvalue weighted by Gasteiger charge is -2.29. The molecule has 0 unspecified atom stereocenters. The number of benzene rings is 1.